The van der Waals surface area contributed by atoms with Gasteiger partial charge in [0.05, 0.1) is 7.11 Å². The van der Waals surface area contributed by atoms with Crippen LogP contribution in [-0.2, 0) is 20.1 Å². The summed E-state index contributed by atoms with van der Waals surface area (Å²) >= 11 is 1.50. The monoisotopic (exact) mass is 345 g/mol. The molecule has 1 aromatic heterocycles. The Morgan fingerprint density at radius 1 is 1.17 bits per heavy atom. The maximum Gasteiger partial charge on any atom is 0.360 e. The Morgan fingerprint density at radius 3 is 2.46 bits per heavy atom. The number of oxime groups is 1. The van der Waals surface area contributed by atoms with E-state index in [2.05, 4.69) is 15.1 Å². The second-order valence-corrected chi connectivity index (χ2v) is 5.94. The van der Waals surface area contributed by atoms with Crippen molar-refractivity contribution in [3.63, 3.8) is 0 Å². The highest BCUT2D eigenvalue weighted by Gasteiger charge is 2.19. The van der Waals surface area contributed by atoms with E-state index in [0.717, 1.165) is 17.0 Å². The predicted octanol–water partition coefficient (Wildman–Crippen LogP) is 2.91. The van der Waals surface area contributed by atoms with Crippen molar-refractivity contribution in [3.8, 4) is 0 Å². The zero-order valence-corrected chi connectivity index (χ0v) is 14.9. The number of ether oxygens (including phenoxy) is 1. The first-order chi connectivity index (χ1) is 11.5. The number of esters is 1. The zero-order valence-electron chi connectivity index (χ0n) is 14.1. The Kier molecular flexibility index (Phi) is 6.31. The maximum absolute atomic E-state index is 12.0. The minimum absolute atomic E-state index is 0.137. The molecule has 2 aromatic rings. The Labute approximate surface area is 145 Å². The predicted molar refractivity (Wildman–Crippen MR) is 93.1 cm³/mol. The van der Waals surface area contributed by atoms with Crippen LogP contribution in [0.1, 0.15) is 22.5 Å². The molecule has 0 radical (unpaired) electrons. The van der Waals surface area contributed by atoms with Gasteiger partial charge in [0, 0.05) is 22.7 Å². The largest absolute Gasteiger partial charge is 0.464 e. The molecule has 126 valence electrons. The average molecular weight is 345 g/mol. The van der Waals surface area contributed by atoms with Gasteiger partial charge in [-0.2, -0.15) is 0 Å². The Balaban J connectivity index is 2.28. The van der Waals surface area contributed by atoms with Gasteiger partial charge >= 0.3 is 5.97 Å². The van der Waals surface area contributed by atoms with Crippen LogP contribution < -0.4 is 0 Å². The second-order valence-electron chi connectivity index (χ2n) is 4.99. The number of carbonyl (C=O) groups excluding carboxylic acids is 1. The van der Waals surface area contributed by atoms with Crippen LogP contribution in [0.25, 0.3) is 0 Å². The molecule has 0 N–H and O–H groups in total. The maximum atomic E-state index is 12.0. The topological polar surface area (TPSA) is 73.7 Å². The van der Waals surface area contributed by atoms with Gasteiger partial charge in [-0.05, 0) is 25.5 Å². The third kappa shape index (κ3) is 4.55. The number of hydrogen-bond acceptors (Lipinski definition) is 7. The van der Waals surface area contributed by atoms with E-state index in [9.17, 15) is 4.79 Å². The van der Waals surface area contributed by atoms with Gasteiger partial charge in [0.2, 0.25) is 0 Å². The lowest BCUT2D eigenvalue weighted by Gasteiger charge is -2.10. The number of benzene rings is 1. The van der Waals surface area contributed by atoms with Crippen molar-refractivity contribution in [3.05, 3.63) is 52.8 Å². The summed E-state index contributed by atoms with van der Waals surface area (Å²) in [4.78, 5) is 25.6. The molecule has 1 heterocycles. The van der Waals surface area contributed by atoms with Crippen molar-refractivity contribution < 1.29 is 14.4 Å². The molecule has 7 heteroatoms. The van der Waals surface area contributed by atoms with Gasteiger partial charge in [0.1, 0.15) is 7.11 Å². The third-order valence-electron chi connectivity index (χ3n) is 3.15. The summed E-state index contributed by atoms with van der Waals surface area (Å²) in [6.07, 6.45) is 0. The van der Waals surface area contributed by atoms with Crippen LogP contribution in [0.15, 0.2) is 40.6 Å². The highest BCUT2D eigenvalue weighted by Crippen LogP contribution is 2.23. The molecule has 0 amide bonds. The molecule has 0 aliphatic heterocycles. The minimum atomic E-state index is -0.544. The highest BCUT2D eigenvalue weighted by atomic mass is 32.2. The number of nitrogens with zero attached hydrogens (tertiary/aromatic N) is 3. The van der Waals surface area contributed by atoms with Gasteiger partial charge < -0.3 is 9.57 Å². The molecule has 0 fully saturated rings. The molecule has 0 aliphatic rings. The summed E-state index contributed by atoms with van der Waals surface area (Å²) in [6.45, 7) is 3.88. The van der Waals surface area contributed by atoms with Crippen molar-refractivity contribution in [1.82, 2.24) is 9.97 Å². The number of carbonyl (C=O) groups is 1. The van der Waals surface area contributed by atoms with Gasteiger partial charge in [-0.1, -0.05) is 41.2 Å². The fourth-order valence-electron chi connectivity index (χ4n) is 2.16. The quantitative estimate of drug-likeness (QED) is 0.263. The first-order valence-electron chi connectivity index (χ1n) is 7.28. The molecular weight excluding hydrogens is 326 g/mol. The van der Waals surface area contributed by atoms with Gasteiger partial charge in [-0.15, -0.1) is 0 Å². The number of aryl methyl sites for hydroxylation is 2. The van der Waals surface area contributed by atoms with E-state index in [0.29, 0.717) is 16.5 Å². The summed E-state index contributed by atoms with van der Waals surface area (Å²) < 4.78 is 4.79. The number of thioether (sulfide) groups is 1. The van der Waals surface area contributed by atoms with Crippen LogP contribution in [0.3, 0.4) is 0 Å². The molecule has 0 unspecified atom stereocenters. The van der Waals surface area contributed by atoms with Crippen molar-refractivity contribution in [1.29, 1.82) is 0 Å². The van der Waals surface area contributed by atoms with Crippen LogP contribution in [0.4, 0.5) is 0 Å². The summed E-state index contributed by atoms with van der Waals surface area (Å²) in [7, 11) is 2.71. The van der Waals surface area contributed by atoms with E-state index in [1.165, 1.54) is 26.0 Å². The summed E-state index contributed by atoms with van der Waals surface area (Å²) in [5.41, 5.74) is 3.58. The van der Waals surface area contributed by atoms with E-state index in [1.54, 1.807) is 0 Å². The summed E-state index contributed by atoms with van der Waals surface area (Å²) in [5.74, 6) is 0.0515. The van der Waals surface area contributed by atoms with Crippen LogP contribution in [0.2, 0.25) is 0 Å². The fraction of sp³-hybridized carbons (Fsp3) is 0.294. The van der Waals surface area contributed by atoms with Crippen molar-refractivity contribution in [2.45, 2.75) is 24.8 Å². The van der Waals surface area contributed by atoms with Gasteiger partial charge in [-0.3, -0.25) is 0 Å². The molecule has 0 saturated carbocycles. The number of aromatic nitrogens is 2. The third-order valence-corrected chi connectivity index (χ3v) is 4.05. The van der Waals surface area contributed by atoms with Crippen LogP contribution in [0.5, 0.6) is 0 Å². The van der Waals surface area contributed by atoms with E-state index >= 15 is 0 Å². The highest BCUT2D eigenvalue weighted by molar-refractivity contribution is 7.98. The summed E-state index contributed by atoms with van der Waals surface area (Å²) in [5, 5.41) is 4.51. The molecule has 24 heavy (non-hydrogen) atoms. The molecule has 6 nitrogen and oxygen atoms in total. The van der Waals surface area contributed by atoms with Crippen LogP contribution in [0, 0.1) is 13.8 Å². The van der Waals surface area contributed by atoms with E-state index in [4.69, 9.17) is 9.57 Å². The number of methoxy groups -OCH3 is 1. The first kappa shape index (κ1) is 17.9. The Morgan fingerprint density at radius 2 is 1.83 bits per heavy atom. The molecule has 2 rings (SSSR count). The molecule has 0 atom stereocenters. The van der Waals surface area contributed by atoms with E-state index < -0.39 is 5.97 Å². The zero-order chi connectivity index (χ0) is 17.5. The lowest BCUT2D eigenvalue weighted by Crippen LogP contribution is -2.19. The summed E-state index contributed by atoms with van der Waals surface area (Å²) in [6, 6.07) is 9.42. The van der Waals surface area contributed by atoms with Crippen LogP contribution in [-0.4, -0.2) is 35.9 Å². The molecular formula is C17H19N3O3S. The number of rotatable bonds is 6. The molecule has 0 spiro atoms. The van der Waals surface area contributed by atoms with E-state index in [-0.39, 0.29) is 5.71 Å². The normalized spacial score (nSPS) is 11.2. The second kappa shape index (κ2) is 8.44. The minimum Gasteiger partial charge on any atom is -0.464 e. The number of hydrogen-bond donors (Lipinski definition) is 0. The van der Waals surface area contributed by atoms with E-state index in [1.807, 2.05) is 44.2 Å². The average Bonchev–Trinajstić information content (AvgIpc) is 2.57. The SMILES string of the molecule is CO/N=C(/C(=O)OC)c1ccccc1CSc1nc(C)cc(C)n1. The van der Waals surface area contributed by atoms with Crippen molar-refractivity contribution in [2.24, 2.45) is 5.16 Å². The molecule has 1 aromatic carbocycles. The smallest absolute Gasteiger partial charge is 0.360 e. The lowest BCUT2D eigenvalue weighted by atomic mass is 10.0. The van der Waals surface area contributed by atoms with Gasteiger partial charge in [-0.25, -0.2) is 14.8 Å². The fourth-order valence-corrected chi connectivity index (χ4v) is 3.12. The molecule has 0 aliphatic carbocycles. The van der Waals surface area contributed by atoms with Gasteiger partial charge in [0.25, 0.3) is 0 Å². The lowest BCUT2D eigenvalue weighted by molar-refractivity contribution is -0.132. The molecule has 0 saturated heterocycles. The van der Waals surface area contributed by atoms with Crippen molar-refractivity contribution in [2.75, 3.05) is 14.2 Å². The van der Waals surface area contributed by atoms with Gasteiger partial charge in [0.15, 0.2) is 10.9 Å². The first-order valence-corrected chi connectivity index (χ1v) is 8.26. The van der Waals surface area contributed by atoms with Crippen molar-refractivity contribution >= 4 is 23.4 Å². The Bertz CT molecular complexity index is 742. The molecule has 0 bridgehead atoms. The van der Waals surface area contributed by atoms with Crippen LogP contribution >= 0.6 is 11.8 Å². The standard InChI is InChI=1S/C17H19N3O3S/c1-11-9-12(2)19-17(18-11)24-10-13-7-5-6-8-14(13)15(20-23-4)16(21)22-3/h5-9H,10H2,1-4H3/b20-15+. The Hall–Kier alpha value is -2.41.